The van der Waals surface area contributed by atoms with Crippen LogP contribution in [0.2, 0.25) is 0 Å². The van der Waals surface area contributed by atoms with Crippen LogP contribution in [0.25, 0.3) is 0 Å². The number of alkyl halides is 1. The van der Waals surface area contributed by atoms with Crippen molar-refractivity contribution in [2.45, 2.75) is 89.6 Å². The summed E-state index contributed by atoms with van der Waals surface area (Å²) in [4.78, 5) is 25.2. The Hall–Kier alpha value is -1.15. The van der Waals surface area contributed by atoms with Crippen LogP contribution in [0, 0.1) is 28.6 Å². The first-order chi connectivity index (χ1) is 14.4. The predicted octanol–water partition coefficient (Wildman–Crippen LogP) is 2.50. The van der Waals surface area contributed by atoms with Gasteiger partial charge in [-0.25, -0.2) is 4.39 Å². The van der Waals surface area contributed by atoms with E-state index in [-0.39, 0.29) is 30.0 Å². The van der Waals surface area contributed by atoms with Gasteiger partial charge in [-0.05, 0) is 74.3 Å². The van der Waals surface area contributed by atoms with Crippen LogP contribution in [0.4, 0.5) is 4.39 Å². The van der Waals surface area contributed by atoms with Gasteiger partial charge in [0.25, 0.3) is 0 Å². The highest BCUT2D eigenvalue weighted by atomic mass is 19.1. The molecule has 9 atom stereocenters. The second kappa shape index (κ2) is 6.46. The van der Waals surface area contributed by atoms with Crippen LogP contribution >= 0.6 is 0 Å². The maximum absolute atomic E-state index is 15.5. The van der Waals surface area contributed by atoms with Crippen molar-refractivity contribution in [1.29, 1.82) is 0 Å². The van der Waals surface area contributed by atoms with Gasteiger partial charge in [0.1, 0.15) is 12.8 Å². The zero-order valence-corrected chi connectivity index (χ0v) is 18.7. The normalized spacial score (nSPS) is 52.6. The standard InChI is InChI=1S/C24H33FO6/c1-21(2)30-19-9-14-13-8-16(25)15-7-12(27)5-6-22(15,3)20(13)17(28)10-23(14,4)24(19,31-21)18(29)11-26/h7,13-14,16-17,19-20,26,28H,5-6,8-11H2,1-4H3/t13-,14-,16-,17+,19+,20+,22-,23-,24+/m0/s1. The third-order valence-electron chi connectivity index (χ3n) is 9.42. The maximum Gasteiger partial charge on any atom is 0.193 e. The van der Waals surface area contributed by atoms with Crippen LogP contribution < -0.4 is 0 Å². The first-order valence-corrected chi connectivity index (χ1v) is 11.5. The Morgan fingerprint density at radius 2 is 1.97 bits per heavy atom. The summed E-state index contributed by atoms with van der Waals surface area (Å²) in [6.45, 7) is 6.78. The van der Waals surface area contributed by atoms with E-state index in [2.05, 4.69) is 0 Å². The van der Waals surface area contributed by atoms with Crippen LogP contribution in [0.5, 0.6) is 0 Å². The molecule has 4 aliphatic carbocycles. The van der Waals surface area contributed by atoms with Crippen molar-refractivity contribution < 1.29 is 33.7 Å². The fraction of sp³-hybridized carbons (Fsp3) is 0.833. The molecular formula is C24H33FO6. The van der Waals surface area contributed by atoms with Crippen molar-refractivity contribution in [2.75, 3.05) is 6.61 Å². The number of aliphatic hydroxyl groups excluding tert-OH is 2. The lowest BCUT2D eigenvalue weighted by atomic mass is 9.45. The van der Waals surface area contributed by atoms with E-state index >= 15 is 4.39 Å². The minimum absolute atomic E-state index is 0.0457. The van der Waals surface area contributed by atoms with Gasteiger partial charge >= 0.3 is 0 Å². The number of hydrogen-bond acceptors (Lipinski definition) is 6. The van der Waals surface area contributed by atoms with E-state index in [1.807, 2.05) is 13.8 Å². The highest BCUT2D eigenvalue weighted by molar-refractivity contribution is 5.92. The lowest BCUT2D eigenvalue weighted by Crippen LogP contribution is -2.64. The topological polar surface area (TPSA) is 93.1 Å². The summed E-state index contributed by atoms with van der Waals surface area (Å²) >= 11 is 0. The van der Waals surface area contributed by atoms with Crippen molar-refractivity contribution in [3.8, 4) is 0 Å². The molecule has 0 aromatic carbocycles. The quantitative estimate of drug-likeness (QED) is 0.691. The van der Waals surface area contributed by atoms with Gasteiger partial charge in [-0.3, -0.25) is 9.59 Å². The largest absolute Gasteiger partial charge is 0.393 e. The van der Waals surface area contributed by atoms with Crippen molar-refractivity contribution in [3.05, 3.63) is 11.6 Å². The number of ketones is 2. The molecule has 1 heterocycles. The first kappa shape index (κ1) is 21.7. The number of Topliss-reactive ketones (excluding diaryl/α,β-unsaturated/α-hetero) is 1. The van der Waals surface area contributed by atoms with Crippen LogP contribution in [-0.2, 0) is 19.1 Å². The molecule has 7 heteroatoms. The van der Waals surface area contributed by atoms with Gasteiger partial charge in [-0.1, -0.05) is 13.8 Å². The Labute approximate surface area is 182 Å². The number of rotatable bonds is 2. The number of halogens is 1. The van der Waals surface area contributed by atoms with Gasteiger partial charge in [0.2, 0.25) is 0 Å². The van der Waals surface area contributed by atoms with E-state index in [0.29, 0.717) is 31.3 Å². The van der Waals surface area contributed by atoms with Crippen molar-refractivity contribution in [2.24, 2.45) is 28.6 Å². The first-order valence-electron chi connectivity index (χ1n) is 11.5. The summed E-state index contributed by atoms with van der Waals surface area (Å²) in [6.07, 6.45) is 0.872. The van der Waals surface area contributed by atoms with Crippen molar-refractivity contribution >= 4 is 11.6 Å². The zero-order valence-electron chi connectivity index (χ0n) is 18.7. The molecule has 1 aliphatic heterocycles. The molecule has 5 rings (SSSR count). The summed E-state index contributed by atoms with van der Waals surface area (Å²) < 4.78 is 27.9. The van der Waals surface area contributed by atoms with Crippen LogP contribution in [0.3, 0.4) is 0 Å². The minimum Gasteiger partial charge on any atom is -0.393 e. The highest BCUT2D eigenvalue weighted by Gasteiger charge is 2.77. The lowest BCUT2D eigenvalue weighted by molar-refractivity contribution is -0.228. The fourth-order valence-electron chi connectivity index (χ4n) is 8.41. The summed E-state index contributed by atoms with van der Waals surface area (Å²) in [5.41, 5.74) is -2.19. The summed E-state index contributed by atoms with van der Waals surface area (Å²) in [7, 11) is 0. The van der Waals surface area contributed by atoms with E-state index < -0.39 is 53.0 Å². The molecule has 0 aromatic heterocycles. The van der Waals surface area contributed by atoms with Gasteiger partial charge in [0.15, 0.2) is 23.0 Å². The van der Waals surface area contributed by atoms with Crippen LogP contribution in [0.15, 0.2) is 11.6 Å². The van der Waals surface area contributed by atoms with Crippen LogP contribution in [0.1, 0.15) is 59.8 Å². The second-order valence-corrected chi connectivity index (χ2v) is 11.3. The maximum atomic E-state index is 15.5. The zero-order chi connectivity index (χ0) is 22.6. The van der Waals surface area contributed by atoms with Gasteiger partial charge in [-0.15, -0.1) is 0 Å². The predicted molar refractivity (Wildman–Crippen MR) is 109 cm³/mol. The molecule has 0 unspecified atom stereocenters. The average Bonchev–Trinajstić information content (AvgIpc) is 3.08. The molecule has 0 spiro atoms. The van der Waals surface area contributed by atoms with E-state index in [1.165, 1.54) is 6.08 Å². The van der Waals surface area contributed by atoms with E-state index in [0.717, 1.165) is 0 Å². The highest BCUT2D eigenvalue weighted by Crippen LogP contribution is 2.70. The smallest absolute Gasteiger partial charge is 0.193 e. The van der Waals surface area contributed by atoms with Crippen molar-refractivity contribution in [3.63, 3.8) is 0 Å². The Bertz CT molecular complexity index is 868. The molecule has 31 heavy (non-hydrogen) atoms. The van der Waals surface area contributed by atoms with E-state index in [9.17, 15) is 19.8 Å². The Morgan fingerprint density at radius 1 is 1.26 bits per heavy atom. The van der Waals surface area contributed by atoms with Crippen LogP contribution in [-0.4, -0.2) is 58.2 Å². The fourth-order valence-corrected chi connectivity index (χ4v) is 8.41. The molecule has 0 radical (unpaired) electrons. The molecule has 0 amide bonds. The monoisotopic (exact) mass is 436 g/mol. The molecule has 0 aromatic rings. The van der Waals surface area contributed by atoms with E-state index in [4.69, 9.17) is 9.47 Å². The number of allylic oxidation sites excluding steroid dienone is 1. The molecule has 0 bridgehead atoms. The Morgan fingerprint density at radius 3 is 2.65 bits per heavy atom. The SMILES string of the molecule is CC1(C)O[C@@H]2C[C@H]3[C@@H]4C[C@H](F)C5=CC(=O)CC[C@]5(C)[C@H]4[C@H](O)C[C@]3(C)[C@]2(C(=O)CO)O1. The van der Waals surface area contributed by atoms with E-state index in [1.54, 1.807) is 13.8 Å². The minimum atomic E-state index is -1.35. The summed E-state index contributed by atoms with van der Waals surface area (Å²) in [5.74, 6) is -1.90. The molecule has 172 valence electrons. The van der Waals surface area contributed by atoms with Gasteiger partial charge in [0, 0.05) is 11.8 Å². The number of fused-ring (bicyclic) bond motifs is 7. The Kier molecular flexibility index (Phi) is 4.52. The molecule has 1 saturated heterocycles. The molecule has 2 N–H and O–H groups in total. The molecule has 5 aliphatic rings. The molecular weight excluding hydrogens is 403 g/mol. The summed E-state index contributed by atoms with van der Waals surface area (Å²) in [5, 5.41) is 21.3. The molecule has 4 fully saturated rings. The number of aliphatic hydroxyl groups is 2. The second-order valence-electron chi connectivity index (χ2n) is 11.3. The number of carbonyl (C=O) groups is 2. The van der Waals surface area contributed by atoms with Gasteiger partial charge < -0.3 is 19.7 Å². The van der Waals surface area contributed by atoms with Gasteiger partial charge in [-0.2, -0.15) is 0 Å². The molecule has 6 nitrogen and oxygen atoms in total. The number of ether oxygens (including phenoxy) is 2. The van der Waals surface area contributed by atoms with Gasteiger partial charge in [0.05, 0.1) is 12.2 Å². The third-order valence-corrected chi connectivity index (χ3v) is 9.42. The summed E-state index contributed by atoms with van der Waals surface area (Å²) in [6, 6.07) is 0. The van der Waals surface area contributed by atoms with Crippen molar-refractivity contribution in [1.82, 2.24) is 0 Å². The third kappa shape index (κ3) is 2.58. The average molecular weight is 437 g/mol. The Balaban J connectivity index is 1.61. The number of carbonyl (C=O) groups excluding carboxylic acids is 2. The number of hydrogen-bond donors (Lipinski definition) is 2. The lowest BCUT2D eigenvalue weighted by Gasteiger charge is -2.61. The molecule has 3 saturated carbocycles.